The Bertz CT molecular complexity index is 1960. The molecule has 4 aromatic carbocycles. The van der Waals surface area contributed by atoms with Gasteiger partial charge in [-0.3, -0.25) is 24.5 Å². The predicted molar refractivity (Wildman–Crippen MR) is 179 cm³/mol. The molecule has 228 valence electrons. The molecule has 5 aromatic rings. The van der Waals surface area contributed by atoms with Gasteiger partial charge in [-0.2, -0.15) is 5.26 Å². The zero-order valence-corrected chi connectivity index (χ0v) is 25.9. The number of nitro benzene ring substituents is 1. The maximum atomic E-state index is 13.8. The summed E-state index contributed by atoms with van der Waals surface area (Å²) >= 11 is 2.28. The molecule has 1 aromatic heterocycles. The van der Waals surface area contributed by atoms with E-state index in [0.29, 0.717) is 32.3 Å². The SMILES string of the molecule is Cc1c(C(=O)Nc2ccccc2)sc(NC(=O)C(Sc2cccc(NC(=O)c3ccc([N+](=O)[O-])cc3)c2)c2ccccc2)c1C#N. The van der Waals surface area contributed by atoms with Crippen LogP contribution >= 0.6 is 23.1 Å². The quantitative estimate of drug-likeness (QED) is 0.0793. The molecule has 5 rings (SSSR count). The van der Waals surface area contributed by atoms with Gasteiger partial charge in [-0.25, -0.2) is 0 Å². The predicted octanol–water partition coefficient (Wildman–Crippen LogP) is 7.81. The van der Waals surface area contributed by atoms with E-state index in [1.807, 2.05) is 36.4 Å². The van der Waals surface area contributed by atoms with Gasteiger partial charge in [-0.1, -0.05) is 54.6 Å². The van der Waals surface area contributed by atoms with Crippen LogP contribution in [0.3, 0.4) is 0 Å². The fraction of sp³-hybridized carbons (Fsp3) is 0.0588. The molecular weight excluding hydrogens is 623 g/mol. The van der Waals surface area contributed by atoms with Gasteiger partial charge in [0.15, 0.2) is 0 Å². The molecule has 0 fully saturated rings. The Morgan fingerprint density at radius 1 is 0.826 bits per heavy atom. The molecule has 0 bridgehead atoms. The first kappa shape index (κ1) is 31.6. The first-order chi connectivity index (χ1) is 22.2. The van der Waals surface area contributed by atoms with Crippen LogP contribution in [0, 0.1) is 28.4 Å². The zero-order valence-electron chi connectivity index (χ0n) is 24.2. The minimum atomic E-state index is -0.752. The van der Waals surface area contributed by atoms with Crippen molar-refractivity contribution in [2.75, 3.05) is 16.0 Å². The Morgan fingerprint density at radius 2 is 1.46 bits per heavy atom. The van der Waals surface area contributed by atoms with Crippen LogP contribution < -0.4 is 16.0 Å². The van der Waals surface area contributed by atoms with Gasteiger partial charge in [-0.15, -0.1) is 23.1 Å². The van der Waals surface area contributed by atoms with E-state index in [1.165, 1.54) is 36.0 Å². The number of nitrogens with zero attached hydrogens (tertiary/aromatic N) is 2. The number of anilines is 3. The number of carbonyl (C=O) groups excluding carboxylic acids is 3. The average molecular weight is 648 g/mol. The number of hydrogen-bond acceptors (Lipinski definition) is 8. The van der Waals surface area contributed by atoms with Crippen LogP contribution in [0.2, 0.25) is 0 Å². The maximum absolute atomic E-state index is 13.8. The summed E-state index contributed by atoms with van der Waals surface area (Å²) in [5.41, 5.74) is 2.60. The number of nitriles is 1. The number of carbonyl (C=O) groups is 3. The average Bonchev–Trinajstić information content (AvgIpc) is 3.38. The first-order valence-electron chi connectivity index (χ1n) is 13.8. The number of rotatable bonds is 10. The summed E-state index contributed by atoms with van der Waals surface area (Å²) in [5.74, 6) is -1.23. The third-order valence-electron chi connectivity index (χ3n) is 6.76. The molecule has 0 spiro atoms. The summed E-state index contributed by atoms with van der Waals surface area (Å²) in [4.78, 5) is 51.1. The largest absolute Gasteiger partial charge is 0.322 e. The lowest BCUT2D eigenvalue weighted by Gasteiger charge is -2.17. The third kappa shape index (κ3) is 7.47. The van der Waals surface area contributed by atoms with Crippen LogP contribution in [0.15, 0.2) is 114 Å². The van der Waals surface area contributed by atoms with Crippen LogP contribution in [0.25, 0.3) is 0 Å². The van der Waals surface area contributed by atoms with Crippen LogP contribution in [0.4, 0.5) is 22.1 Å². The van der Waals surface area contributed by atoms with Crippen molar-refractivity contribution in [2.24, 2.45) is 0 Å². The lowest BCUT2D eigenvalue weighted by Crippen LogP contribution is -2.19. The van der Waals surface area contributed by atoms with Gasteiger partial charge < -0.3 is 16.0 Å². The highest BCUT2D eigenvalue weighted by molar-refractivity contribution is 8.00. The molecule has 0 aliphatic heterocycles. The van der Waals surface area contributed by atoms with Gasteiger partial charge in [0.05, 0.1) is 15.4 Å². The molecule has 1 heterocycles. The Kier molecular flexibility index (Phi) is 9.87. The molecule has 1 unspecified atom stereocenters. The van der Waals surface area contributed by atoms with E-state index < -0.39 is 22.0 Å². The Morgan fingerprint density at radius 3 is 2.11 bits per heavy atom. The smallest absolute Gasteiger partial charge is 0.269 e. The molecular formula is C34H25N5O5S2. The highest BCUT2D eigenvalue weighted by atomic mass is 32.2. The van der Waals surface area contributed by atoms with Gasteiger partial charge >= 0.3 is 0 Å². The molecule has 0 aliphatic carbocycles. The normalized spacial score (nSPS) is 11.1. The van der Waals surface area contributed by atoms with Crippen molar-refractivity contribution in [3.8, 4) is 6.07 Å². The zero-order chi connectivity index (χ0) is 32.6. The molecule has 0 saturated carbocycles. The van der Waals surface area contributed by atoms with E-state index in [9.17, 15) is 29.8 Å². The summed E-state index contributed by atoms with van der Waals surface area (Å²) in [6, 6.07) is 32.4. The van der Waals surface area contributed by atoms with Crippen molar-refractivity contribution >= 4 is 62.9 Å². The fourth-order valence-corrected chi connectivity index (χ4v) is 6.60. The van der Waals surface area contributed by atoms with E-state index in [0.717, 1.165) is 11.3 Å². The molecule has 10 nitrogen and oxygen atoms in total. The van der Waals surface area contributed by atoms with Crippen molar-refractivity contribution < 1.29 is 19.3 Å². The molecule has 0 radical (unpaired) electrons. The minimum absolute atomic E-state index is 0.119. The van der Waals surface area contributed by atoms with Crippen LogP contribution in [-0.2, 0) is 4.79 Å². The van der Waals surface area contributed by atoms with Gasteiger partial charge in [0.2, 0.25) is 5.91 Å². The number of thioether (sulfide) groups is 1. The van der Waals surface area contributed by atoms with Crippen molar-refractivity contribution in [1.82, 2.24) is 0 Å². The standard InChI is InChI=1S/C34H25N5O5S2/c1-21-28(20-35)34(46-29(21)32(41)36-24-11-6-3-7-12-24)38-33(42)30(22-9-4-2-5-10-22)45-27-14-8-13-25(19-27)37-31(40)23-15-17-26(18-16-23)39(43)44/h2-19,30H,1H3,(H,36,41)(H,37,40)(H,38,42). The van der Waals surface area contributed by atoms with E-state index in [-0.39, 0.29) is 27.7 Å². The van der Waals surface area contributed by atoms with Gasteiger partial charge in [0, 0.05) is 34.0 Å². The lowest BCUT2D eigenvalue weighted by molar-refractivity contribution is -0.384. The number of hydrogen-bond donors (Lipinski definition) is 3. The maximum Gasteiger partial charge on any atom is 0.269 e. The number of amides is 3. The summed E-state index contributed by atoms with van der Waals surface area (Å²) in [7, 11) is 0. The molecule has 46 heavy (non-hydrogen) atoms. The van der Waals surface area contributed by atoms with Crippen molar-refractivity contribution in [2.45, 2.75) is 17.1 Å². The Hall–Kier alpha value is -5.77. The van der Waals surface area contributed by atoms with Crippen molar-refractivity contribution in [3.63, 3.8) is 0 Å². The molecule has 3 amide bonds. The summed E-state index contributed by atoms with van der Waals surface area (Å²) in [5, 5.41) is 28.9. The van der Waals surface area contributed by atoms with E-state index in [2.05, 4.69) is 22.0 Å². The van der Waals surface area contributed by atoms with Gasteiger partial charge in [0.1, 0.15) is 16.3 Å². The highest BCUT2D eigenvalue weighted by Crippen LogP contribution is 2.39. The van der Waals surface area contributed by atoms with Gasteiger partial charge in [0.25, 0.3) is 17.5 Å². The van der Waals surface area contributed by atoms with E-state index in [4.69, 9.17) is 0 Å². The number of nitrogens with one attached hydrogen (secondary N) is 3. The fourth-order valence-electron chi connectivity index (χ4n) is 4.46. The second-order valence-electron chi connectivity index (χ2n) is 9.88. The van der Waals surface area contributed by atoms with Crippen LogP contribution in [0.5, 0.6) is 0 Å². The molecule has 12 heteroatoms. The van der Waals surface area contributed by atoms with Crippen LogP contribution in [-0.4, -0.2) is 22.6 Å². The summed E-state index contributed by atoms with van der Waals surface area (Å²) in [6.07, 6.45) is 0. The summed E-state index contributed by atoms with van der Waals surface area (Å²) < 4.78 is 0. The van der Waals surface area contributed by atoms with Crippen molar-refractivity contribution in [1.29, 1.82) is 5.26 Å². The Balaban J connectivity index is 1.36. The van der Waals surface area contributed by atoms with Crippen LogP contribution in [0.1, 0.15) is 42.0 Å². The summed E-state index contributed by atoms with van der Waals surface area (Å²) in [6.45, 7) is 1.67. The highest BCUT2D eigenvalue weighted by Gasteiger charge is 2.27. The van der Waals surface area contributed by atoms with Gasteiger partial charge in [-0.05, 0) is 60.5 Å². The molecule has 0 saturated heterocycles. The Labute approximate surface area is 272 Å². The number of para-hydroxylation sites is 1. The van der Waals surface area contributed by atoms with E-state index >= 15 is 0 Å². The number of non-ortho nitro benzene ring substituents is 1. The van der Waals surface area contributed by atoms with E-state index in [1.54, 1.807) is 55.5 Å². The monoisotopic (exact) mass is 647 g/mol. The second kappa shape index (κ2) is 14.3. The first-order valence-corrected chi connectivity index (χ1v) is 15.5. The lowest BCUT2D eigenvalue weighted by atomic mass is 10.1. The number of nitro groups is 1. The number of benzene rings is 4. The molecule has 3 N–H and O–H groups in total. The molecule has 1 atom stereocenters. The molecule has 0 aliphatic rings. The number of thiophene rings is 1. The van der Waals surface area contributed by atoms with Crippen molar-refractivity contribution in [3.05, 3.63) is 146 Å². The minimum Gasteiger partial charge on any atom is -0.322 e. The topological polar surface area (TPSA) is 154 Å². The third-order valence-corrected chi connectivity index (χ3v) is 9.21. The second-order valence-corrected chi connectivity index (χ2v) is 12.1.